The van der Waals surface area contributed by atoms with Gasteiger partial charge in [0.25, 0.3) is 0 Å². The average Bonchev–Trinajstić information content (AvgIpc) is 2.80. The Morgan fingerprint density at radius 3 is 2.67 bits per heavy atom. The molecule has 1 aromatic heterocycles. The van der Waals surface area contributed by atoms with E-state index in [1.165, 1.54) is 10.9 Å². The highest BCUT2D eigenvalue weighted by Crippen LogP contribution is 2.02. The standard InChI is InChI=1S/C11H18N4O3/c16-10(9-15-8-7-13-14-15)12-6-4-2-1-3-5-11(17)18/h7-8H,1-6,9H2,(H,12,16)(H,17,18). The van der Waals surface area contributed by atoms with Crippen LogP contribution >= 0.6 is 0 Å². The summed E-state index contributed by atoms with van der Waals surface area (Å²) in [6.07, 6.45) is 6.74. The molecule has 0 aromatic carbocycles. The lowest BCUT2D eigenvalue weighted by atomic mass is 10.1. The van der Waals surface area contributed by atoms with Crippen molar-refractivity contribution in [2.24, 2.45) is 0 Å². The van der Waals surface area contributed by atoms with Crippen LogP contribution < -0.4 is 5.32 Å². The van der Waals surface area contributed by atoms with Gasteiger partial charge in [-0.15, -0.1) is 5.10 Å². The van der Waals surface area contributed by atoms with Gasteiger partial charge in [-0.25, -0.2) is 4.68 Å². The van der Waals surface area contributed by atoms with E-state index >= 15 is 0 Å². The zero-order chi connectivity index (χ0) is 13.2. The number of hydrogen-bond acceptors (Lipinski definition) is 4. The molecule has 1 amide bonds. The van der Waals surface area contributed by atoms with Crippen molar-refractivity contribution in [3.05, 3.63) is 12.4 Å². The van der Waals surface area contributed by atoms with Gasteiger partial charge in [-0.3, -0.25) is 9.59 Å². The molecule has 1 aromatic rings. The third-order valence-corrected chi connectivity index (χ3v) is 2.42. The molecule has 18 heavy (non-hydrogen) atoms. The number of rotatable bonds is 9. The van der Waals surface area contributed by atoms with Gasteiger partial charge in [-0.05, 0) is 12.8 Å². The highest BCUT2D eigenvalue weighted by molar-refractivity contribution is 5.75. The van der Waals surface area contributed by atoms with Gasteiger partial charge in [0.05, 0.1) is 6.20 Å². The van der Waals surface area contributed by atoms with Crippen LogP contribution in [0.5, 0.6) is 0 Å². The molecule has 0 fully saturated rings. The molecule has 7 heteroatoms. The zero-order valence-corrected chi connectivity index (χ0v) is 10.2. The van der Waals surface area contributed by atoms with E-state index in [1.807, 2.05) is 0 Å². The molecule has 0 aliphatic rings. The van der Waals surface area contributed by atoms with Crippen molar-refractivity contribution in [2.45, 2.75) is 38.6 Å². The number of aliphatic carboxylic acids is 1. The average molecular weight is 254 g/mol. The van der Waals surface area contributed by atoms with Gasteiger partial charge < -0.3 is 10.4 Å². The van der Waals surface area contributed by atoms with Crippen LogP contribution in [0.15, 0.2) is 12.4 Å². The largest absolute Gasteiger partial charge is 0.481 e. The number of carbonyl (C=O) groups excluding carboxylic acids is 1. The summed E-state index contributed by atoms with van der Waals surface area (Å²) in [7, 11) is 0. The molecule has 0 radical (unpaired) electrons. The Bertz CT molecular complexity index is 364. The van der Waals surface area contributed by atoms with Gasteiger partial charge in [0, 0.05) is 19.2 Å². The first-order valence-corrected chi connectivity index (χ1v) is 6.01. The molecule has 2 N–H and O–H groups in total. The fourth-order valence-electron chi connectivity index (χ4n) is 1.50. The lowest BCUT2D eigenvalue weighted by molar-refractivity contribution is -0.137. The van der Waals surface area contributed by atoms with Gasteiger partial charge in [-0.1, -0.05) is 18.1 Å². The van der Waals surface area contributed by atoms with E-state index < -0.39 is 5.97 Å². The predicted molar refractivity (Wildman–Crippen MR) is 63.8 cm³/mol. The van der Waals surface area contributed by atoms with E-state index in [-0.39, 0.29) is 18.9 Å². The monoisotopic (exact) mass is 254 g/mol. The van der Waals surface area contributed by atoms with Gasteiger partial charge in [0.2, 0.25) is 5.91 Å². The summed E-state index contributed by atoms with van der Waals surface area (Å²) in [5.41, 5.74) is 0. The fraction of sp³-hybridized carbons (Fsp3) is 0.636. The number of carboxylic acid groups (broad SMARTS) is 1. The minimum absolute atomic E-state index is 0.0916. The van der Waals surface area contributed by atoms with Crippen LogP contribution in [0.3, 0.4) is 0 Å². The molecule has 0 bridgehead atoms. The molecule has 0 saturated carbocycles. The number of carboxylic acids is 1. The van der Waals surface area contributed by atoms with E-state index in [0.717, 1.165) is 19.3 Å². The quantitative estimate of drug-likeness (QED) is 0.623. The summed E-state index contributed by atoms with van der Waals surface area (Å²) in [5.74, 6) is -0.845. The smallest absolute Gasteiger partial charge is 0.303 e. The van der Waals surface area contributed by atoms with E-state index in [2.05, 4.69) is 15.6 Å². The molecule has 1 heterocycles. The topological polar surface area (TPSA) is 97.1 Å². The summed E-state index contributed by atoms with van der Waals surface area (Å²) in [5, 5.41) is 18.5. The molecule has 100 valence electrons. The second-order valence-corrected chi connectivity index (χ2v) is 4.01. The number of nitrogens with one attached hydrogen (secondary N) is 1. The van der Waals surface area contributed by atoms with Gasteiger partial charge >= 0.3 is 5.97 Å². The lowest BCUT2D eigenvalue weighted by Crippen LogP contribution is -2.28. The highest BCUT2D eigenvalue weighted by Gasteiger charge is 2.02. The first kappa shape index (κ1) is 14.1. The summed E-state index contributed by atoms with van der Waals surface area (Å²) in [6.45, 7) is 0.791. The van der Waals surface area contributed by atoms with E-state index in [4.69, 9.17) is 5.11 Å². The number of nitrogens with zero attached hydrogens (tertiary/aromatic N) is 3. The number of carbonyl (C=O) groups is 2. The third kappa shape index (κ3) is 6.62. The normalized spacial score (nSPS) is 10.2. The molecule has 0 spiro atoms. The number of unbranched alkanes of at least 4 members (excludes halogenated alkanes) is 3. The van der Waals surface area contributed by atoms with Crippen LogP contribution in [-0.2, 0) is 16.1 Å². The van der Waals surface area contributed by atoms with Crippen molar-refractivity contribution < 1.29 is 14.7 Å². The number of aromatic nitrogens is 3. The SMILES string of the molecule is O=C(O)CCCCCCNC(=O)Cn1ccnn1. The second kappa shape index (κ2) is 8.21. The van der Waals surface area contributed by atoms with Crippen LogP contribution in [-0.4, -0.2) is 38.5 Å². The minimum Gasteiger partial charge on any atom is -0.481 e. The third-order valence-electron chi connectivity index (χ3n) is 2.42. The van der Waals surface area contributed by atoms with Crippen molar-refractivity contribution in [1.82, 2.24) is 20.3 Å². The molecule has 7 nitrogen and oxygen atoms in total. The van der Waals surface area contributed by atoms with Crippen LogP contribution in [0, 0.1) is 0 Å². The van der Waals surface area contributed by atoms with Gasteiger partial charge in [-0.2, -0.15) is 0 Å². The minimum atomic E-state index is -0.754. The molecular weight excluding hydrogens is 236 g/mol. The Morgan fingerprint density at radius 1 is 1.22 bits per heavy atom. The maximum Gasteiger partial charge on any atom is 0.303 e. The highest BCUT2D eigenvalue weighted by atomic mass is 16.4. The van der Waals surface area contributed by atoms with Crippen molar-refractivity contribution in [3.8, 4) is 0 Å². The molecule has 0 aliphatic heterocycles. The Labute approximate surface area is 105 Å². The van der Waals surface area contributed by atoms with E-state index in [1.54, 1.807) is 6.20 Å². The molecule has 0 saturated heterocycles. The lowest BCUT2D eigenvalue weighted by Gasteiger charge is -2.04. The molecule has 0 unspecified atom stereocenters. The maximum atomic E-state index is 11.4. The molecular formula is C11H18N4O3. The van der Waals surface area contributed by atoms with Gasteiger partial charge in [0.15, 0.2) is 0 Å². The fourth-order valence-corrected chi connectivity index (χ4v) is 1.50. The first-order valence-electron chi connectivity index (χ1n) is 6.01. The van der Waals surface area contributed by atoms with Crippen LogP contribution in [0.4, 0.5) is 0 Å². The van der Waals surface area contributed by atoms with Gasteiger partial charge in [0.1, 0.15) is 6.54 Å². The zero-order valence-electron chi connectivity index (χ0n) is 10.2. The maximum absolute atomic E-state index is 11.4. The van der Waals surface area contributed by atoms with E-state index in [9.17, 15) is 9.59 Å². The first-order chi connectivity index (χ1) is 8.68. The van der Waals surface area contributed by atoms with Crippen molar-refractivity contribution in [1.29, 1.82) is 0 Å². The van der Waals surface area contributed by atoms with Crippen molar-refractivity contribution in [3.63, 3.8) is 0 Å². The van der Waals surface area contributed by atoms with Crippen LogP contribution in [0.1, 0.15) is 32.1 Å². The number of amides is 1. The predicted octanol–water partition coefficient (Wildman–Crippen LogP) is 0.429. The summed E-state index contributed by atoms with van der Waals surface area (Å²) in [6, 6.07) is 0. The van der Waals surface area contributed by atoms with Crippen molar-refractivity contribution >= 4 is 11.9 Å². The Balaban J connectivity index is 1.94. The Kier molecular flexibility index (Phi) is 6.45. The number of hydrogen-bond donors (Lipinski definition) is 2. The second-order valence-electron chi connectivity index (χ2n) is 4.01. The Morgan fingerprint density at radius 2 is 2.00 bits per heavy atom. The molecule has 1 rings (SSSR count). The van der Waals surface area contributed by atoms with Crippen LogP contribution in [0.2, 0.25) is 0 Å². The van der Waals surface area contributed by atoms with Crippen molar-refractivity contribution in [2.75, 3.05) is 6.54 Å². The van der Waals surface area contributed by atoms with E-state index in [0.29, 0.717) is 13.0 Å². The van der Waals surface area contributed by atoms with Crippen LogP contribution in [0.25, 0.3) is 0 Å². The molecule has 0 aliphatic carbocycles. The Hall–Kier alpha value is -1.92. The molecule has 0 atom stereocenters. The summed E-state index contributed by atoms with van der Waals surface area (Å²) < 4.78 is 1.46. The summed E-state index contributed by atoms with van der Waals surface area (Å²) >= 11 is 0. The summed E-state index contributed by atoms with van der Waals surface area (Å²) in [4.78, 5) is 21.7.